The highest BCUT2D eigenvalue weighted by Gasteiger charge is 1.98. The Labute approximate surface area is 77.6 Å². The third-order valence-corrected chi connectivity index (χ3v) is 2.51. The Hall–Kier alpha value is -0.540. The lowest BCUT2D eigenvalue weighted by Crippen LogP contribution is -2.01. The van der Waals surface area contributed by atoms with Crippen LogP contribution in [0.3, 0.4) is 0 Å². The lowest BCUT2D eigenvalue weighted by atomic mass is 10.2. The van der Waals surface area contributed by atoms with Crippen LogP contribution in [0.2, 0.25) is 0 Å². The highest BCUT2D eigenvalue weighted by molar-refractivity contribution is 7.99. The molecular formula is C9H14N2S. The standard InChI is InChI=1S/C9H14N2S/c1-3-12-8-4-7(2)9(5-10)11-6-8/h4,6H,3,5,10H2,1-2H3. The Bertz CT molecular complexity index is 261. The average Bonchev–Trinajstić information content (AvgIpc) is 2.05. The summed E-state index contributed by atoms with van der Waals surface area (Å²) in [6.45, 7) is 4.72. The van der Waals surface area contributed by atoms with Gasteiger partial charge in [0.25, 0.3) is 0 Å². The molecule has 66 valence electrons. The van der Waals surface area contributed by atoms with Gasteiger partial charge in [0.05, 0.1) is 5.69 Å². The molecule has 0 bridgehead atoms. The third kappa shape index (κ3) is 2.22. The van der Waals surface area contributed by atoms with Gasteiger partial charge < -0.3 is 5.73 Å². The summed E-state index contributed by atoms with van der Waals surface area (Å²) >= 11 is 1.81. The van der Waals surface area contributed by atoms with Crippen LogP contribution in [-0.2, 0) is 6.54 Å². The third-order valence-electron chi connectivity index (χ3n) is 1.67. The van der Waals surface area contributed by atoms with Crippen LogP contribution in [-0.4, -0.2) is 10.7 Å². The molecule has 0 aliphatic carbocycles. The molecule has 0 fully saturated rings. The fourth-order valence-electron chi connectivity index (χ4n) is 1.04. The summed E-state index contributed by atoms with van der Waals surface area (Å²) in [5.74, 6) is 1.09. The van der Waals surface area contributed by atoms with Crippen molar-refractivity contribution >= 4 is 11.8 Å². The molecule has 1 aromatic heterocycles. The van der Waals surface area contributed by atoms with E-state index >= 15 is 0 Å². The lowest BCUT2D eigenvalue weighted by Gasteiger charge is -2.03. The van der Waals surface area contributed by atoms with Gasteiger partial charge in [0.15, 0.2) is 0 Å². The first-order valence-electron chi connectivity index (χ1n) is 4.06. The number of thioether (sulfide) groups is 1. The maximum absolute atomic E-state index is 5.51. The molecule has 2 nitrogen and oxygen atoms in total. The van der Waals surface area contributed by atoms with Gasteiger partial charge in [0.2, 0.25) is 0 Å². The van der Waals surface area contributed by atoms with Crippen molar-refractivity contribution in [3.05, 3.63) is 23.5 Å². The van der Waals surface area contributed by atoms with E-state index in [1.54, 1.807) is 11.8 Å². The van der Waals surface area contributed by atoms with Crippen LogP contribution in [0.15, 0.2) is 17.2 Å². The van der Waals surface area contributed by atoms with Gasteiger partial charge in [-0.3, -0.25) is 4.98 Å². The smallest absolute Gasteiger partial charge is 0.0569 e. The minimum absolute atomic E-state index is 0.531. The Kier molecular flexibility index (Phi) is 3.56. The Morgan fingerprint density at radius 1 is 1.58 bits per heavy atom. The van der Waals surface area contributed by atoms with E-state index in [0.717, 1.165) is 11.4 Å². The fourth-order valence-corrected chi connectivity index (χ4v) is 1.76. The minimum atomic E-state index is 0.531. The predicted octanol–water partition coefficient (Wildman–Crippen LogP) is 1.96. The van der Waals surface area contributed by atoms with Gasteiger partial charge in [0, 0.05) is 17.6 Å². The van der Waals surface area contributed by atoms with Crippen molar-refractivity contribution in [1.82, 2.24) is 4.98 Å². The van der Waals surface area contributed by atoms with Crippen molar-refractivity contribution in [2.75, 3.05) is 5.75 Å². The second-order valence-corrected chi connectivity index (χ2v) is 3.91. The second-order valence-electron chi connectivity index (χ2n) is 2.57. The highest BCUT2D eigenvalue weighted by atomic mass is 32.2. The molecule has 1 rings (SSSR count). The van der Waals surface area contributed by atoms with E-state index in [1.807, 2.05) is 6.20 Å². The Morgan fingerprint density at radius 3 is 2.83 bits per heavy atom. The van der Waals surface area contributed by atoms with Crippen LogP contribution in [0, 0.1) is 6.92 Å². The number of rotatable bonds is 3. The molecule has 1 heterocycles. The zero-order valence-corrected chi connectivity index (χ0v) is 8.32. The van der Waals surface area contributed by atoms with Crippen molar-refractivity contribution in [1.29, 1.82) is 0 Å². The van der Waals surface area contributed by atoms with E-state index in [9.17, 15) is 0 Å². The molecule has 2 N–H and O–H groups in total. The average molecular weight is 182 g/mol. The molecule has 0 atom stereocenters. The van der Waals surface area contributed by atoms with E-state index in [-0.39, 0.29) is 0 Å². The van der Waals surface area contributed by atoms with E-state index in [4.69, 9.17) is 5.73 Å². The predicted molar refractivity (Wildman–Crippen MR) is 53.3 cm³/mol. The molecule has 12 heavy (non-hydrogen) atoms. The highest BCUT2D eigenvalue weighted by Crippen LogP contribution is 2.18. The van der Waals surface area contributed by atoms with Crippen molar-refractivity contribution in [2.45, 2.75) is 25.3 Å². The molecule has 0 unspecified atom stereocenters. The maximum Gasteiger partial charge on any atom is 0.0569 e. The van der Waals surface area contributed by atoms with Gasteiger partial charge in [-0.25, -0.2) is 0 Å². The maximum atomic E-state index is 5.51. The topological polar surface area (TPSA) is 38.9 Å². The lowest BCUT2D eigenvalue weighted by molar-refractivity contribution is 0.953. The van der Waals surface area contributed by atoms with Crippen LogP contribution < -0.4 is 5.73 Å². The van der Waals surface area contributed by atoms with Crippen molar-refractivity contribution in [3.8, 4) is 0 Å². The molecule has 3 heteroatoms. The number of pyridine rings is 1. The summed E-state index contributed by atoms with van der Waals surface area (Å²) < 4.78 is 0. The van der Waals surface area contributed by atoms with E-state index < -0.39 is 0 Å². The monoisotopic (exact) mass is 182 g/mol. The molecule has 0 aromatic carbocycles. The minimum Gasteiger partial charge on any atom is -0.325 e. The first-order valence-corrected chi connectivity index (χ1v) is 5.05. The number of aryl methyl sites for hydroxylation is 1. The zero-order valence-electron chi connectivity index (χ0n) is 7.50. The molecule has 0 saturated heterocycles. The van der Waals surface area contributed by atoms with Crippen molar-refractivity contribution < 1.29 is 0 Å². The SMILES string of the molecule is CCSc1cnc(CN)c(C)c1. The molecular weight excluding hydrogens is 168 g/mol. The quantitative estimate of drug-likeness (QED) is 0.726. The summed E-state index contributed by atoms with van der Waals surface area (Å²) in [5.41, 5.74) is 7.69. The summed E-state index contributed by atoms with van der Waals surface area (Å²) in [6.07, 6.45) is 1.89. The van der Waals surface area contributed by atoms with Gasteiger partial charge in [0.1, 0.15) is 0 Å². The summed E-state index contributed by atoms with van der Waals surface area (Å²) in [7, 11) is 0. The summed E-state index contributed by atoms with van der Waals surface area (Å²) in [6, 6.07) is 2.14. The van der Waals surface area contributed by atoms with Gasteiger partial charge in [-0.05, 0) is 24.3 Å². The largest absolute Gasteiger partial charge is 0.325 e. The molecule has 0 radical (unpaired) electrons. The van der Waals surface area contributed by atoms with Crippen LogP contribution in [0.25, 0.3) is 0 Å². The van der Waals surface area contributed by atoms with Crippen LogP contribution >= 0.6 is 11.8 Å². The van der Waals surface area contributed by atoms with Gasteiger partial charge >= 0.3 is 0 Å². The van der Waals surface area contributed by atoms with Crippen LogP contribution in [0.5, 0.6) is 0 Å². The first-order chi connectivity index (χ1) is 5.77. The van der Waals surface area contributed by atoms with Crippen molar-refractivity contribution in [2.24, 2.45) is 5.73 Å². The molecule has 0 saturated carbocycles. The van der Waals surface area contributed by atoms with Crippen LogP contribution in [0.4, 0.5) is 0 Å². The number of nitrogens with zero attached hydrogens (tertiary/aromatic N) is 1. The molecule has 1 aromatic rings. The van der Waals surface area contributed by atoms with Crippen LogP contribution in [0.1, 0.15) is 18.2 Å². The number of hydrogen-bond donors (Lipinski definition) is 1. The second kappa shape index (κ2) is 4.48. The number of hydrogen-bond acceptors (Lipinski definition) is 3. The van der Waals surface area contributed by atoms with Gasteiger partial charge in [-0.1, -0.05) is 6.92 Å². The normalized spacial score (nSPS) is 10.2. The molecule has 0 amide bonds. The van der Waals surface area contributed by atoms with Gasteiger partial charge in [-0.2, -0.15) is 0 Å². The van der Waals surface area contributed by atoms with E-state index in [1.165, 1.54) is 10.5 Å². The molecule has 0 spiro atoms. The van der Waals surface area contributed by atoms with E-state index in [2.05, 4.69) is 24.9 Å². The van der Waals surface area contributed by atoms with E-state index in [0.29, 0.717) is 6.54 Å². The zero-order chi connectivity index (χ0) is 8.97. The Balaban J connectivity index is 2.86. The number of aromatic nitrogens is 1. The molecule has 0 aliphatic rings. The first kappa shape index (κ1) is 9.55. The summed E-state index contributed by atoms with van der Waals surface area (Å²) in [4.78, 5) is 5.50. The molecule has 0 aliphatic heterocycles. The summed E-state index contributed by atoms with van der Waals surface area (Å²) in [5, 5.41) is 0. The Morgan fingerprint density at radius 2 is 2.33 bits per heavy atom. The number of nitrogens with two attached hydrogens (primary N) is 1. The van der Waals surface area contributed by atoms with Crippen molar-refractivity contribution in [3.63, 3.8) is 0 Å². The fraction of sp³-hybridized carbons (Fsp3) is 0.444. The van der Waals surface area contributed by atoms with Gasteiger partial charge in [-0.15, -0.1) is 11.8 Å².